The fraction of sp³-hybridized carbons (Fsp3) is 1.00. The second-order valence-corrected chi connectivity index (χ2v) is 3.14. The molecule has 32 valence electrons. The highest BCUT2D eigenvalue weighted by Crippen LogP contribution is 2.06. The Bertz CT molecular complexity index is 18.9. The van der Waals surface area contributed by atoms with Crippen LogP contribution in [0.2, 0.25) is 0 Å². The summed E-state index contributed by atoms with van der Waals surface area (Å²) < 4.78 is 0.495. The molecule has 2 heteroatoms. The number of hydrogen-bond acceptors (Lipinski definition) is 2. The molecule has 0 aromatic rings. The molecule has 5 heavy (non-hydrogen) atoms. The Labute approximate surface area is 42.7 Å². The van der Waals surface area contributed by atoms with E-state index in [2.05, 4.69) is 12.6 Å². The molecule has 0 heterocycles. The Morgan fingerprint density at radius 2 is 2.00 bits per heavy atom. The second kappa shape index (κ2) is 2.91. The van der Waals surface area contributed by atoms with Gasteiger partial charge in [0.2, 0.25) is 0 Å². The second-order valence-electron chi connectivity index (χ2n) is 0.835. The highest BCUT2D eigenvalue weighted by atomic mass is 32.2. The molecule has 0 spiro atoms. The molecule has 0 radical (unpaired) electrons. The molecule has 1 unspecified atom stereocenters. The van der Waals surface area contributed by atoms with E-state index in [4.69, 9.17) is 0 Å². The summed E-state index contributed by atoms with van der Waals surface area (Å²) in [6.07, 6.45) is 2.04. The van der Waals surface area contributed by atoms with Crippen LogP contribution in [0.25, 0.3) is 0 Å². The Balaban J connectivity index is 2.54. The van der Waals surface area contributed by atoms with E-state index in [1.165, 1.54) is 0 Å². The first kappa shape index (κ1) is 5.70. The number of thioether (sulfide) groups is 1. The van der Waals surface area contributed by atoms with Crippen LogP contribution in [-0.4, -0.2) is 10.8 Å². The fourth-order valence-electron chi connectivity index (χ4n) is 0. The van der Waals surface area contributed by atoms with E-state index in [9.17, 15) is 0 Å². The van der Waals surface area contributed by atoms with Gasteiger partial charge in [-0.05, 0) is 13.2 Å². The molecule has 0 aromatic heterocycles. The number of hydrogen-bond donors (Lipinski definition) is 1. The van der Waals surface area contributed by atoms with Gasteiger partial charge in [-0.3, -0.25) is 0 Å². The number of thiol groups is 1. The minimum atomic E-state index is 0.495. The number of rotatable bonds is 1. The van der Waals surface area contributed by atoms with Crippen LogP contribution in [-0.2, 0) is 0 Å². The molecule has 0 rings (SSSR count). The van der Waals surface area contributed by atoms with Crippen molar-refractivity contribution in [2.75, 3.05) is 6.26 Å². The Morgan fingerprint density at radius 1 is 1.80 bits per heavy atom. The smallest absolute Gasteiger partial charge is 0.0441 e. The maximum atomic E-state index is 4.06. The average molecular weight is 108 g/mol. The normalized spacial score (nSPS) is 15.0. The molecule has 0 aliphatic rings. The highest BCUT2D eigenvalue weighted by Gasteiger charge is 1.81. The molecule has 0 saturated heterocycles. The largest absolute Gasteiger partial charge is 0.165 e. The zero-order valence-electron chi connectivity index (χ0n) is 3.43. The van der Waals surface area contributed by atoms with Crippen molar-refractivity contribution in [2.45, 2.75) is 11.5 Å². The van der Waals surface area contributed by atoms with Crippen LogP contribution in [0.5, 0.6) is 0 Å². The third-order valence-electron chi connectivity index (χ3n) is 0.341. The van der Waals surface area contributed by atoms with Gasteiger partial charge in [0.25, 0.3) is 0 Å². The molecule has 0 amide bonds. The van der Waals surface area contributed by atoms with Gasteiger partial charge in [0, 0.05) is 4.58 Å². The maximum absolute atomic E-state index is 4.06. The molecule has 0 N–H and O–H groups in total. The van der Waals surface area contributed by atoms with E-state index >= 15 is 0 Å². The summed E-state index contributed by atoms with van der Waals surface area (Å²) in [6.45, 7) is 2.05. The van der Waals surface area contributed by atoms with Gasteiger partial charge in [-0.2, -0.15) is 24.4 Å². The van der Waals surface area contributed by atoms with E-state index in [1.807, 2.05) is 13.2 Å². The summed E-state index contributed by atoms with van der Waals surface area (Å²) >= 11 is 5.80. The molecular formula is C3H8S2. The summed E-state index contributed by atoms with van der Waals surface area (Å²) in [5, 5.41) is 0. The first-order chi connectivity index (χ1) is 2.27. The van der Waals surface area contributed by atoms with Crippen LogP contribution < -0.4 is 0 Å². The van der Waals surface area contributed by atoms with Crippen LogP contribution in [0.3, 0.4) is 0 Å². The van der Waals surface area contributed by atoms with Crippen LogP contribution in [0.1, 0.15) is 6.92 Å². The third-order valence-corrected chi connectivity index (χ3v) is 1.66. The summed E-state index contributed by atoms with van der Waals surface area (Å²) in [5.74, 6) is 0. The molecule has 0 saturated carbocycles. The van der Waals surface area contributed by atoms with Gasteiger partial charge in [0.05, 0.1) is 0 Å². The Kier molecular flexibility index (Phi) is 3.32. The van der Waals surface area contributed by atoms with Crippen LogP contribution >= 0.6 is 24.4 Å². The van der Waals surface area contributed by atoms with Crippen molar-refractivity contribution >= 4 is 24.4 Å². The molecule has 0 fully saturated rings. The Hall–Kier alpha value is 0.700. The van der Waals surface area contributed by atoms with Gasteiger partial charge >= 0.3 is 0 Å². The zero-order valence-corrected chi connectivity index (χ0v) is 5.14. The van der Waals surface area contributed by atoms with Crippen molar-refractivity contribution in [3.8, 4) is 0 Å². The van der Waals surface area contributed by atoms with Gasteiger partial charge in [-0.1, -0.05) is 0 Å². The predicted molar refractivity (Wildman–Crippen MR) is 32.0 cm³/mol. The minimum absolute atomic E-state index is 0.495. The van der Waals surface area contributed by atoms with E-state index in [0.717, 1.165) is 0 Å². The van der Waals surface area contributed by atoms with Crippen LogP contribution in [0.4, 0.5) is 0 Å². The first-order valence-electron chi connectivity index (χ1n) is 1.48. The summed E-state index contributed by atoms with van der Waals surface area (Å²) in [5.41, 5.74) is 0. The van der Waals surface area contributed by atoms with Gasteiger partial charge in [0.15, 0.2) is 0 Å². The van der Waals surface area contributed by atoms with Gasteiger partial charge in [0.1, 0.15) is 0 Å². The summed E-state index contributed by atoms with van der Waals surface area (Å²) in [6, 6.07) is 0. The van der Waals surface area contributed by atoms with Crippen molar-refractivity contribution in [2.24, 2.45) is 0 Å². The SMILES string of the molecule is CSC(C)S. The van der Waals surface area contributed by atoms with Crippen LogP contribution in [0, 0.1) is 0 Å². The highest BCUT2D eigenvalue weighted by molar-refractivity contribution is 8.09. The fourth-order valence-corrected chi connectivity index (χ4v) is 0. The van der Waals surface area contributed by atoms with Gasteiger partial charge in [-0.15, -0.1) is 0 Å². The first-order valence-corrected chi connectivity index (χ1v) is 3.28. The molecule has 0 bridgehead atoms. The van der Waals surface area contributed by atoms with Crippen molar-refractivity contribution in [1.29, 1.82) is 0 Å². The van der Waals surface area contributed by atoms with E-state index < -0.39 is 0 Å². The topological polar surface area (TPSA) is 0 Å². The third kappa shape index (κ3) is 4.70. The van der Waals surface area contributed by atoms with Crippen molar-refractivity contribution in [3.63, 3.8) is 0 Å². The summed E-state index contributed by atoms with van der Waals surface area (Å²) in [4.78, 5) is 0. The van der Waals surface area contributed by atoms with E-state index in [0.29, 0.717) is 4.58 Å². The summed E-state index contributed by atoms with van der Waals surface area (Å²) in [7, 11) is 0. The van der Waals surface area contributed by atoms with Crippen LogP contribution in [0.15, 0.2) is 0 Å². The lowest BCUT2D eigenvalue weighted by Crippen LogP contribution is -1.73. The Morgan fingerprint density at radius 3 is 2.00 bits per heavy atom. The van der Waals surface area contributed by atoms with E-state index in [1.54, 1.807) is 11.8 Å². The average Bonchev–Trinajstić information content (AvgIpc) is 1.38. The minimum Gasteiger partial charge on any atom is -0.165 e. The lowest BCUT2D eigenvalue weighted by Gasteiger charge is -1.90. The lowest BCUT2D eigenvalue weighted by molar-refractivity contribution is 1.44. The lowest BCUT2D eigenvalue weighted by atomic mass is 11.0. The van der Waals surface area contributed by atoms with E-state index in [-0.39, 0.29) is 0 Å². The standard InChI is InChI=1S/C3H8S2/c1-3(4)5-2/h3-4H,1-2H3. The van der Waals surface area contributed by atoms with Gasteiger partial charge in [-0.25, -0.2) is 0 Å². The van der Waals surface area contributed by atoms with Crippen molar-refractivity contribution < 1.29 is 0 Å². The predicted octanol–water partition coefficient (Wildman–Crippen LogP) is 1.63. The zero-order chi connectivity index (χ0) is 4.28. The van der Waals surface area contributed by atoms with Crippen molar-refractivity contribution in [3.05, 3.63) is 0 Å². The molecule has 0 aromatic carbocycles. The molecular weight excluding hydrogens is 100 g/mol. The molecule has 0 aliphatic heterocycles. The van der Waals surface area contributed by atoms with Gasteiger partial charge < -0.3 is 0 Å². The molecule has 1 atom stereocenters. The maximum Gasteiger partial charge on any atom is 0.0441 e. The van der Waals surface area contributed by atoms with Crippen molar-refractivity contribution in [1.82, 2.24) is 0 Å². The molecule has 0 aliphatic carbocycles. The quantitative estimate of drug-likeness (QED) is 0.393. The monoisotopic (exact) mass is 108 g/mol. The molecule has 0 nitrogen and oxygen atoms in total.